The van der Waals surface area contributed by atoms with E-state index in [1.807, 2.05) is 30.3 Å². The van der Waals surface area contributed by atoms with Crippen LogP contribution in [0.5, 0.6) is 0 Å². The number of halogens is 2. The van der Waals surface area contributed by atoms with Crippen molar-refractivity contribution in [3.63, 3.8) is 0 Å². The van der Waals surface area contributed by atoms with Gasteiger partial charge < -0.3 is 26.0 Å². The zero-order valence-electron chi connectivity index (χ0n) is 21.4. The fourth-order valence-electron chi connectivity index (χ4n) is 6.17. The number of carboxylic acids is 1. The van der Waals surface area contributed by atoms with E-state index in [-0.39, 0.29) is 40.3 Å². The minimum Gasteiger partial charge on any atom is -0.477 e. The number of benzene rings is 2. The minimum atomic E-state index is -1.17. The van der Waals surface area contributed by atoms with Gasteiger partial charge >= 0.3 is 5.97 Å². The summed E-state index contributed by atoms with van der Waals surface area (Å²) in [5.74, 6) is -1.85. The van der Waals surface area contributed by atoms with Crippen LogP contribution in [-0.2, 0) is 9.59 Å². The molecule has 0 bridgehead atoms. The van der Waals surface area contributed by atoms with Crippen LogP contribution >= 0.6 is 11.6 Å². The summed E-state index contributed by atoms with van der Waals surface area (Å²) in [4.78, 5) is 43.5. The lowest BCUT2D eigenvalue weighted by Gasteiger charge is -2.35. The summed E-state index contributed by atoms with van der Waals surface area (Å²) in [6.45, 7) is -0.0984. The molecule has 5 N–H and O–H groups in total. The Morgan fingerprint density at radius 2 is 1.82 bits per heavy atom. The lowest BCUT2D eigenvalue weighted by Crippen LogP contribution is -2.48. The van der Waals surface area contributed by atoms with E-state index in [2.05, 4.69) is 10.3 Å². The number of aromatic nitrogens is 1. The SMILES string of the molecule is N[C@H](CF)C1CCC(C(=O)N2CC[C@@H](c3ccccc3)[C@H]2C(=O)Nc2ccc3[nH]c(C(=O)O)c(Cl)c3c2)CC1. The smallest absolute Gasteiger partial charge is 0.353 e. The Balaban J connectivity index is 1.39. The molecule has 1 saturated heterocycles. The summed E-state index contributed by atoms with van der Waals surface area (Å²) in [6.07, 6.45) is 3.31. The Labute approximate surface area is 230 Å². The summed E-state index contributed by atoms with van der Waals surface area (Å²) < 4.78 is 13.1. The van der Waals surface area contributed by atoms with Crippen LogP contribution in [0.25, 0.3) is 10.9 Å². The molecule has 3 aromatic rings. The number of alkyl halides is 1. The monoisotopic (exact) mass is 554 g/mol. The first-order chi connectivity index (χ1) is 18.8. The first-order valence-electron chi connectivity index (χ1n) is 13.3. The predicted octanol–water partition coefficient (Wildman–Crippen LogP) is 4.95. The van der Waals surface area contributed by atoms with Crippen LogP contribution in [0, 0.1) is 11.8 Å². The first-order valence-corrected chi connectivity index (χ1v) is 13.7. The van der Waals surface area contributed by atoms with E-state index in [0.29, 0.717) is 55.2 Å². The van der Waals surface area contributed by atoms with E-state index >= 15 is 0 Å². The highest BCUT2D eigenvalue weighted by atomic mass is 35.5. The van der Waals surface area contributed by atoms with E-state index in [4.69, 9.17) is 17.3 Å². The van der Waals surface area contributed by atoms with Crippen molar-refractivity contribution in [2.45, 2.75) is 50.1 Å². The van der Waals surface area contributed by atoms with Crippen molar-refractivity contribution < 1.29 is 23.9 Å². The second-order valence-electron chi connectivity index (χ2n) is 10.6. The fraction of sp³-hybridized carbons (Fsp3) is 0.414. The highest BCUT2D eigenvalue weighted by Gasteiger charge is 2.44. The molecule has 0 spiro atoms. The topological polar surface area (TPSA) is 129 Å². The average Bonchev–Trinajstić information content (AvgIpc) is 3.54. The molecule has 8 nitrogen and oxygen atoms in total. The number of anilines is 1. The molecule has 39 heavy (non-hydrogen) atoms. The lowest BCUT2D eigenvalue weighted by atomic mass is 9.78. The van der Waals surface area contributed by atoms with Gasteiger partial charge in [-0.25, -0.2) is 9.18 Å². The highest BCUT2D eigenvalue weighted by Crippen LogP contribution is 2.39. The van der Waals surface area contributed by atoms with Crippen molar-refractivity contribution in [1.29, 1.82) is 0 Å². The Morgan fingerprint density at radius 1 is 1.10 bits per heavy atom. The average molecular weight is 555 g/mol. The van der Waals surface area contributed by atoms with Crippen molar-refractivity contribution >= 4 is 46.0 Å². The number of carbonyl (C=O) groups is 3. The van der Waals surface area contributed by atoms with Gasteiger partial charge in [0.1, 0.15) is 18.4 Å². The third kappa shape index (κ3) is 5.38. The number of hydrogen-bond acceptors (Lipinski definition) is 4. The van der Waals surface area contributed by atoms with Gasteiger partial charge in [0, 0.05) is 41.0 Å². The number of likely N-dealkylation sites (tertiary alicyclic amines) is 1. The minimum absolute atomic E-state index is 0.0453. The Hall–Kier alpha value is -3.43. The van der Waals surface area contributed by atoms with Crippen LogP contribution in [0.15, 0.2) is 48.5 Å². The van der Waals surface area contributed by atoms with Crippen molar-refractivity contribution in [3.05, 3.63) is 64.8 Å². The van der Waals surface area contributed by atoms with Crippen LogP contribution in [0.1, 0.15) is 54.1 Å². The maximum atomic E-state index is 13.8. The number of amides is 2. The second kappa shape index (κ2) is 11.4. The van der Waals surface area contributed by atoms with Gasteiger partial charge in [0.25, 0.3) is 0 Å². The summed E-state index contributed by atoms with van der Waals surface area (Å²) in [7, 11) is 0. The highest BCUT2D eigenvalue weighted by molar-refractivity contribution is 6.38. The molecule has 1 aliphatic carbocycles. The number of aromatic amines is 1. The number of aromatic carboxylic acids is 1. The number of carboxylic acid groups (broad SMARTS) is 1. The fourth-order valence-corrected chi connectivity index (χ4v) is 6.45. The standard InChI is InChI=1S/C29H32ClFN4O4/c30-24-21-14-19(10-11-23(21)34-25(24)29(38)39)33-27(36)26-20(16-4-2-1-3-5-16)12-13-35(26)28(37)18-8-6-17(7-9-18)22(32)15-31/h1-5,10-11,14,17-18,20,22,26,34H,6-9,12-13,15,32H2,(H,33,36)(H,38,39)/t17?,18?,20-,22+,26-/m0/s1. The van der Waals surface area contributed by atoms with Crippen molar-refractivity contribution in [1.82, 2.24) is 9.88 Å². The normalized spacial score (nSPS) is 24.0. The molecular weight excluding hydrogens is 523 g/mol. The van der Waals surface area contributed by atoms with Gasteiger partial charge in [0.05, 0.1) is 5.02 Å². The van der Waals surface area contributed by atoms with Crippen molar-refractivity contribution in [2.75, 3.05) is 18.5 Å². The molecule has 0 unspecified atom stereocenters. The molecule has 2 fully saturated rings. The summed E-state index contributed by atoms with van der Waals surface area (Å²) in [6, 6.07) is 13.5. The van der Waals surface area contributed by atoms with Crippen LogP contribution in [0.2, 0.25) is 5.02 Å². The molecule has 10 heteroatoms. The van der Waals surface area contributed by atoms with Gasteiger partial charge in [-0.3, -0.25) is 9.59 Å². The number of hydrogen-bond donors (Lipinski definition) is 4. The number of fused-ring (bicyclic) bond motifs is 1. The van der Waals surface area contributed by atoms with Crippen molar-refractivity contribution in [3.8, 4) is 0 Å². The van der Waals surface area contributed by atoms with Crippen LogP contribution in [0.4, 0.5) is 10.1 Å². The van der Waals surface area contributed by atoms with E-state index in [1.165, 1.54) is 0 Å². The summed E-state index contributed by atoms with van der Waals surface area (Å²) >= 11 is 6.27. The zero-order valence-corrected chi connectivity index (χ0v) is 22.2. The largest absolute Gasteiger partial charge is 0.477 e. The molecule has 1 aromatic heterocycles. The molecule has 1 aliphatic heterocycles. The number of nitrogens with one attached hydrogen (secondary N) is 2. The first kappa shape index (κ1) is 27.1. The third-order valence-electron chi connectivity index (χ3n) is 8.30. The van der Waals surface area contributed by atoms with Crippen LogP contribution in [-0.4, -0.2) is 58.1 Å². The summed E-state index contributed by atoms with van der Waals surface area (Å²) in [5.41, 5.74) is 7.77. The van der Waals surface area contributed by atoms with Gasteiger partial charge in [-0.1, -0.05) is 41.9 Å². The van der Waals surface area contributed by atoms with Gasteiger partial charge in [0.15, 0.2) is 0 Å². The quantitative estimate of drug-likeness (QED) is 0.328. The summed E-state index contributed by atoms with van der Waals surface area (Å²) in [5, 5.41) is 12.9. The van der Waals surface area contributed by atoms with E-state index in [1.54, 1.807) is 23.1 Å². The van der Waals surface area contributed by atoms with Gasteiger partial charge in [-0.05, 0) is 61.8 Å². The molecule has 3 atom stereocenters. The van der Waals surface area contributed by atoms with Crippen LogP contribution < -0.4 is 11.1 Å². The predicted molar refractivity (Wildman–Crippen MR) is 148 cm³/mol. The number of rotatable bonds is 7. The maximum absolute atomic E-state index is 13.8. The van der Waals surface area contributed by atoms with Crippen LogP contribution in [0.3, 0.4) is 0 Å². The molecule has 2 aromatic carbocycles. The molecule has 206 valence electrons. The number of carbonyl (C=O) groups excluding carboxylic acids is 2. The maximum Gasteiger partial charge on any atom is 0.353 e. The van der Waals surface area contributed by atoms with Gasteiger partial charge in [-0.2, -0.15) is 0 Å². The second-order valence-corrected chi connectivity index (χ2v) is 11.0. The lowest BCUT2D eigenvalue weighted by molar-refractivity contribution is -0.141. The molecular formula is C29H32ClFN4O4. The molecule has 2 amide bonds. The molecule has 1 saturated carbocycles. The van der Waals surface area contributed by atoms with E-state index in [0.717, 1.165) is 5.56 Å². The van der Waals surface area contributed by atoms with Crippen molar-refractivity contribution in [2.24, 2.45) is 17.6 Å². The molecule has 2 aliphatic rings. The number of H-pyrrole nitrogens is 1. The Bertz CT molecular complexity index is 1370. The van der Waals surface area contributed by atoms with Gasteiger partial charge in [-0.15, -0.1) is 0 Å². The molecule has 0 radical (unpaired) electrons. The Kier molecular flexibility index (Phi) is 7.91. The third-order valence-corrected chi connectivity index (χ3v) is 8.69. The zero-order chi connectivity index (χ0) is 27.7. The molecule has 5 rings (SSSR count). The van der Waals surface area contributed by atoms with Gasteiger partial charge in [0.2, 0.25) is 11.8 Å². The number of nitrogens with two attached hydrogens (primary N) is 1. The molecule has 2 heterocycles. The number of nitrogens with zero attached hydrogens (tertiary/aromatic N) is 1. The van der Waals surface area contributed by atoms with E-state index < -0.39 is 24.7 Å². The Morgan fingerprint density at radius 3 is 2.49 bits per heavy atom. The van der Waals surface area contributed by atoms with E-state index in [9.17, 15) is 23.9 Å².